The molecule has 1 heterocycles. The summed E-state index contributed by atoms with van der Waals surface area (Å²) < 4.78 is 1.61. The van der Waals surface area contributed by atoms with Gasteiger partial charge in [-0.2, -0.15) is 5.10 Å². The lowest BCUT2D eigenvalue weighted by atomic mass is 10.1. The van der Waals surface area contributed by atoms with Crippen molar-refractivity contribution >= 4 is 23.6 Å². The van der Waals surface area contributed by atoms with Gasteiger partial charge in [0.25, 0.3) is 0 Å². The maximum absolute atomic E-state index is 11.6. The normalized spacial score (nSPS) is 11.7. The van der Waals surface area contributed by atoms with Crippen molar-refractivity contribution in [2.45, 2.75) is 32.4 Å². The molecule has 3 amide bonds. The molecule has 0 aliphatic carbocycles. The summed E-state index contributed by atoms with van der Waals surface area (Å²) >= 11 is 0. The van der Waals surface area contributed by atoms with Crippen molar-refractivity contribution in [1.29, 1.82) is 0 Å². The molecule has 1 atom stereocenters. The van der Waals surface area contributed by atoms with Gasteiger partial charge >= 0.3 is 12.0 Å². The fraction of sp³-hybridized carbons (Fsp3) is 0.455. The Bertz CT molecular complexity index is 499. The summed E-state index contributed by atoms with van der Waals surface area (Å²) in [5, 5.41) is 17.6. The summed E-state index contributed by atoms with van der Waals surface area (Å²) in [7, 11) is 0. The van der Waals surface area contributed by atoms with Crippen LogP contribution in [0.3, 0.4) is 0 Å². The van der Waals surface area contributed by atoms with Gasteiger partial charge in [0.1, 0.15) is 6.04 Å². The Morgan fingerprint density at radius 1 is 1.50 bits per heavy atom. The van der Waals surface area contributed by atoms with E-state index >= 15 is 0 Å². The minimum Gasteiger partial charge on any atom is -0.480 e. The van der Waals surface area contributed by atoms with Crippen molar-refractivity contribution in [3.63, 3.8) is 0 Å². The number of nitrogens with zero attached hydrogens (tertiary/aromatic N) is 2. The maximum Gasteiger partial charge on any atom is 0.326 e. The van der Waals surface area contributed by atoms with Crippen molar-refractivity contribution in [2.75, 3.05) is 5.32 Å². The summed E-state index contributed by atoms with van der Waals surface area (Å²) in [5.41, 5.74) is 5.39. The molecule has 0 bridgehead atoms. The van der Waals surface area contributed by atoms with Gasteiger partial charge < -0.3 is 21.5 Å². The van der Waals surface area contributed by atoms with E-state index in [-0.39, 0.29) is 12.8 Å². The van der Waals surface area contributed by atoms with Gasteiger partial charge in [0.05, 0.1) is 11.9 Å². The van der Waals surface area contributed by atoms with Crippen molar-refractivity contribution in [2.24, 2.45) is 5.73 Å². The van der Waals surface area contributed by atoms with Crippen LogP contribution in [0.1, 0.15) is 19.8 Å². The molecule has 1 unspecified atom stereocenters. The Labute approximate surface area is 115 Å². The van der Waals surface area contributed by atoms with Gasteiger partial charge in [0.15, 0.2) is 0 Å². The zero-order valence-electron chi connectivity index (χ0n) is 11.0. The molecule has 0 aromatic carbocycles. The number of nitrogens with one attached hydrogen (secondary N) is 2. The molecule has 9 heteroatoms. The van der Waals surface area contributed by atoms with Crippen LogP contribution in [0.15, 0.2) is 12.4 Å². The molecule has 0 aliphatic rings. The topological polar surface area (TPSA) is 139 Å². The fourth-order valence-electron chi connectivity index (χ4n) is 1.47. The van der Waals surface area contributed by atoms with Crippen LogP contribution in [-0.4, -0.2) is 38.8 Å². The van der Waals surface area contributed by atoms with Gasteiger partial charge in [-0.3, -0.25) is 9.48 Å². The summed E-state index contributed by atoms with van der Waals surface area (Å²) in [6.45, 7) is 2.54. The number of aliphatic carboxylic acids is 1. The average molecular weight is 283 g/mol. The van der Waals surface area contributed by atoms with Crippen molar-refractivity contribution < 1.29 is 19.5 Å². The third-order valence-electron chi connectivity index (χ3n) is 2.50. The number of carbonyl (C=O) groups is 3. The van der Waals surface area contributed by atoms with E-state index in [4.69, 9.17) is 10.8 Å². The second-order valence-electron chi connectivity index (χ2n) is 4.08. The number of amides is 3. The van der Waals surface area contributed by atoms with E-state index in [0.29, 0.717) is 12.2 Å². The smallest absolute Gasteiger partial charge is 0.326 e. The number of nitrogens with two attached hydrogens (primary N) is 1. The predicted molar refractivity (Wildman–Crippen MR) is 69.9 cm³/mol. The van der Waals surface area contributed by atoms with Crippen LogP contribution in [0.4, 0.5) is 10.5 Å². The lowest BCUT2D eigenvalue weighted by molar-refractivity contribution is -0.139. The number of aryl methyl sites for hydroxylation is 1. The first-order chi connectivity index (χ1) is 9.42. The van der Waals surface area contributed by atoms with Gasteiger partial charge in [-0.05, 0) is 13.3 Å². The van der Waals surface area contributed by atoms with E-state index in [0.717, 1.165) is 0 Å². The van der Waals surface area contributed by atoms with E-state index in [1.807, 2.05) is 6.92 Å². The molecule has 9 nitrogen and oxygen atoms in total. The first-order valence-electron chi connectivity index (χ1n) is 6.03. The highest BCUT2D eigenvalue weighted by molar-refractivity contribution is 5.92. The summed E-state index contributed by atoms with van der Waals surface area (Å²) in [6, 6.07) is -1.86. The number of primary amides is 1. The van der Waals surface area contributed by atoms with Crippen LogP contribution in [0.5, 0.6) is 0 Å². The molecule has 1 rings (SSSR count). The van der Waals surface area contributed by atoms with E-state index in [9.17, 15) is 14.4 Å². The molecule has 0 fully saturated rings. The molecular formula is C11H17N5O4. The number of carbonyl (C=O) groups excluding carboxylic acids is 2. The number of hydrogen-bond acceptors (Lipinski definition) is 4. The summed E-state index contributed by atoms with van der Waals surface area (Å²) in [5.74, 6) is -1.85. The molecule has 1 aromatic heterocycles. The summed E-state index contributed by atoms with van der Waals surface area (Å²) in [6.07, 6.45) is 2.87. The Hall–Kier alpha value is -2.58. The number of urea groups is 1. The molecule has 0 saturated carbocycles. The number of carboxylic acids is 1. The summed E-state index contributed by atoms with van der Waals surface area (Å²) in [4.78, 5) is 33.2. The molecule has 5 N–H and O–H groups in total. The quantitative estimate of drug-likeness (QED) is 0.546. The fourth-order valence-corrected chi connectivity index (χ4v) is 1.47. The molecule has 0 aliphatic heterocycles. The highest BCUT2D eigenvalue weighted by Gasteiger charge is 2.20. The standard InChI is InChI=1S/C11H17N5O4/c1-2-16-6-7(5-13-16)14-11(20)15-8(10(18)19)3-4-9(12)17/h5-6,8H,2-4H2,1H3,(H2,12,17)(H,18,19)(H2,14,15,20). The van der Waals surface area contributed by atoms with E-state index in [1.54, 1.807) is 10.9 Å². The van der Waals surface area contributed by atoms with Gasteiger partial charge in [0, 0.05) is 19.2 Å². The minimum atomic E-state index is -1.23. The number of rotatable bonds is 7. The third-order valence-corrected chi connectivity index (χ3v) is 2.50. The monoisotopic (exact) mass is 283 g/mol. The van der Waals surface area contributed by atoms with Crippen LogP contribution in [-0.2, 0) is 16.1 Å². The minimum absolute atomic E-state index is 0.0632. The maximum atomic E-state index is 11.6. The zero-order chi connectivity index (χ0) is 15.1. The van der Waals surface area contributed by atoms with Crippen LogP contribution >= 0.6 is 0 Å². The van der Waals surface area contributed by atoms with E-state index in [1.165, 1.54) is 6.20 Å². The van der Waals surface area contributed by atoms with Crippen molar-refractivity contribution in [3.8, 4) is 0 Å². The average Bonchev–Trinajstić information content (AvgIpc) is 2.81. The van der Waals surface area contributed by atoms with Crippen LogP contribution in [0.2, 0.25) is 0 Å². The lowest BCUT2D eigenvalue weighted by Crippen LogP contribution is -2.43. The Kier molecular flexibility index (Phi) is 5.51. The van der Waals surface area contributed by atoms with Crippen molar-refractivity contribution in [3.05, 3.63) is 12.4 Å². The number of aromatic nitrogens is 2. The van der Waals surface area contributed by atoms with Gasteiger partial charge in [-0.1, -0.05) is 0 Å². The SMILES string of the molecule is CCn1cc(NC(=O)NC(CCC(N)=O)C(=O)O)cn1. The molecule has 0 spiro atoms. The molecule has 1 aromatic rings. The molecule has 20 heavy (non-hydrogen) atoms. The third kappa shape index (κ3) is 4.96. The zero-order valence-corrected chi connectivity index (χ0v) is 11.0. The highest BCUT2D eigenvalue weighted by atomic mass is 16.4. The van der Waals surface area contributed by atoms with Crippen LogP contribution < -0.4 is 16.4 Å². The first kappa shape index (κ1) is 15.5. The molecule has 0 radical (unpaired) electrons. The van der Waals surface area contributed by atoms with Crippen molar-refractivity contribution in [1.82, 2.24) is 15.1 Å². The lowest BCUT2D eigenvalue weighted by Gasteiger charge is -2.13. The second kappa shape index (κ2) is 7.12. The number of hydrogen-bond donors (Lipinski definition) is 4. The van der Waals surface area contributed by atoms with E-state index in [2.05, 4.69) is 15.7 Å². The predicted octanol–water partition coefficient (Wildman–Crippen LogP) is -0.257. The number of carboxylic acid groups (broad SMARTS) is 1. The van der Waals surface area contributed by atoms with Crippen LogP contribution in [0, 0.1) is 0 Å². The molecule has 110 valence electrons. The number of anilines is 1. The Balaban J connectivity index is 2.52. The van der Waals surface area contributed by atoms with E-state index < -0.39 is 23.9 Å². The first-order valence-corrected chi connectivity index (χ1v) is 6.03. The van der Waals surface area contributed by atoms with Gasteiger partial charge in [-0.15, -0.1) is 0 Å². The molecule has 0 saturated heterocycles. The highest BCUT2D eigenvalue weighted by Crippen LogP contribution is 2.05. The second-order valence-corrected chi connectivity index (χ2v) is 4.08. The largest absolute Gasteiger partial charge is 0.480 e. The van der Waals surface area contributed by atoms with Gasteiger partial charge in [-0.25, -0.2) is 9.59 Å². The Morgan fingerprint density at radius 2 is 2.20 bits per heavy atom. The van der Waals surface area contributed by atoms with Gasteiger partial charge in [0.2, 0.25) is 5.91 Å². The molecular weight excluding hydrogens is 266 g/mol. The van der Waals surface area contributed by atoms with Crippen LogP contribution in [0.25, 0.3) is 0 Å². The Morgan fingerprint density at radius 3 is 2.70 bits per heavy atom.